The minimum atomic E-state index is -0.877. The monoisotopic (exact) mass is 169 g/mol. The lowest BCUT2D eigenvalue weighted by atomic mass is 10.1. The van der Waals surface area contributed by atoms with Crippen LogP contribution in [0.1, 0.15) is 5.56 Å². The molecule has 2 nitrogen and oxygen atoms in total. The van der Waals surface area contributed by atoms with Gasteiger partial charge in [0.1, 0.15) is 0 Å². The second kappa shape index (κ2) is 3.39. The Kier molecular flexibility index (Phi) is 2.49. The Balaban J connectivity index is 2.86. The van der Waals surface area contributed by atoms with Gasteiger partial charge in [-0.25, -0.2) is 0 Å². The summed E-state index contributed by atoms with van der Waals surface area (Å²) in [5.74, 6) is -0.877. The van der Waals surface area contributed by atoms with Crippen LogP contribution in [0.3, 0.4) is 0 Å². The lowest BCUT2D eigenvalue weighted by Crippen LogP contribution is -2.00. The third-order valence-electron chi connectivity index (χ3n) is 1.24. The molecule has 1 radical (unpaired) electrons. The Morgan fingerprint density at radius 2 is 2.45 bits per heavy atom. The van der Waals surface area contributed by atoms with Gasteiger partial charge in [0.2, 0.25) is 0 Å². The molecule has 0 atom stereocenters. The maximum atomic E-state index is 10.3. The van der Waals surface area contributed by atoms with E-state index in [1.54, 1.807) is 18.2 Å². The molecule has 0 aliphatic heterocycles. The van der Waals surface area contributed by atoms with Gasteiger partial charge in [-0.2, -0.15) is 0 Å². The van der Waals surface area contributed by atoms with Gasteiger partial charge >= 0.3 is 5.97 Å². The van der Waals surface area contributed by atoms with Gasteiger partial charge in [0.05, 0.1) is 6.42 Å². The Morgan fingerprint density at radius 3 is 3.00 bits per heavy atom. The van der Waals surface area contributed by atoms with Crippen molar-refractivity contribution in [3.63, 3.8) is 0 Å². The Morgan fingerprint density at radius 1 is 1.73 bits per heavy atom. The molecule has 57 valence electrons. The van der Waals surface area contributed by atoms with Crippen molar-refractivity contribution in [2.24, 2.45) is 0 Å². The normalized spacial score (nSPS) is 9.55. The lowest BCUT2D eigenvalue weighted by Gasteiger charge is -1.97. The topological polar surface area (TPSA) is 37.3 Å². The SMILES string of the molecule is O=C(O)Cc1cc[c]cc1Cl. The molecule has 11 heavy (non-hydrogen) atoms. The number of rotatable bonds is 2. The number of carboxylic acid groups (broad SMARTS) is 1. The molecule has 0 saturated carbocycles. The lowest BCUT2D eigenvalue weighted by molar-refractivity contribution is -0.136. The summed E-state index contributed by atoms with van der Waals surface area (Å²) in [6.45, 7) is 0. The predicted octanol–water partition coefficient (Wildman–Crippen LogP) is 1.77. The van der Waals surface area contributed by atoms with Crippen LogP contribution in [-0.4, -0.2) is 11.1 Å². The van der Waals surface area contributed by atoms with Gasteiger partial charge in [0.15, 0.2) is 0 Å². The van der Waals surface area contributed by atoms with Gasteiger partial charge in [-0.1, -0.05) is 23.7 Å². The van der Waals surface area contributed by atoms with Crippen LogP contribution in [0, 0.1) is 6.07 Å². The molecule has 0 amide bonds. The zero-order valence-electron chi connectivity index (χ0n) is 5.67. The van der Waals surface area contributed by atoms with Crippen LogP contribution in [0.25, 0.3) is 0 Å². The molecule has 3 heteroatoms. The molecule has 0 aromatic heterocycles. The molecular formula is C8H6ClO2. The van der Waals surface area contributed by atoms with E-state index < -0.39 is 5.97 Å². The molecule has 1 rings (SSSR count). The van der Waals surface area contributed by atoms with Crippen LogP contribution in [0.4, 0.5) is 0 Å². The Bertz CT molecular complexity index is 271. The number of carboxylic acids is 1. The minimum absolute atomic E-state index is 0.0342. The van der Waals surface area contributed by atoms with Crippen molar-refractivity contribution >= 4 is 17.6 Å². The number of hydrogen-bond donors (Lipinski definition) is 1. The smallest absolute Gasteiger partial charge is 0.307 e. The van der Waals surface area contributed by atoms with E-state index in [-0.39, 0.29) is 6.42 Å². The fourth-order valence-electron chi connectivity index (χ4n) is 0.749. The van der Waals surface area contributed by atoms with Crippen LogP contribution < -0.4 is 0 Å². The number of aliphatic carboxylic acids is 1. The molecule has 0 bridgehead atoms. The van der Waals surface area contributed by atoms with Crippen molar-refractivity contribution in [1.82, 2.24) is 0 Å². The largest absolute Gasteiger partial charge is 0.481 e. The summed E-state index contributed by atoms with van der Waals surface area (Å²) in [5, 5.41) is 8.88. The minimum Gasteiger partial charge on any atom is -0.481 e. The standard InChI is InChI=1S/C8H6ClO2/c9-7-4-2-1-3-6(7)5-8(10)11/h1,3-4H,5H2,(H,10,11). The summed E-state index contributed by atoms with van der Waals surface area (Å²) in [4.78, 5) is 10.3. The summed E-state index contributed by atoms with van der Waals surface area (Å²) in [5.41, 5.74) is 0.623. The van der Waals surface area contributed by atoms with Crippen molar-refractivity contribution < 1.29 is 9.90 Å². The van der Waals surface area contributed by atoms with Crippen molar-refractivity contribution in [3.8, 4) is 0 Å². The first kappa shape index (κ1) is 8.08. The van der Waals surface area contributed by atoms with Crippen molar-refractivity contribution in [3.05, 3.63) is 34.9 Å². The summed E-state index contributed by atoms with van der Waals surface area (Å²) in [6.07, 6.45) is -0.0342. The maximum Gasteiger partial charge on any atom is 0.307 e. The van der Waals surface area contributed by atoms with Crippen molar-refractivity contribution in [2.45, 2.75) is 6.42 Å². The number of halogens is 1. The molecule has 0 spiro atoms. The predicted molar refractivity (Wildman–Crippen MR) is 41.6 cm³/mol. The quantitative estimate of drug-likeness (QED) is 0.733. The fraction of sp³-hybridized carbons (Fsp3) is 0.125. The highest BCUT2D eigenvalue weighted by Crippen LogP contribution is 2.14. The van der Waals surface area contributed by atoms with Crippen LogP contribution in [0.5, 0.6) is 0 Å². The van der Waals surface area contributed by atoms with Crippen molar-refractivity contribution in [1.29, 1.82) is 0 Å². The molecule has 0 saturated heterocycles. The maximum absolute atomic E-state index is 10.3. The van der Waals surface area contributed by atoms with Crippen LogP contribution >= 0.6 is 11.6 Å². The summed E-state index contributed by atoms with van der Waals surface area (Å²) >= 11 is 5.67. The van der Waals surface area contributed by atoms with E-state index in [1.165, 1.54) is 0 Å². The van der Waals surface area contributed by atoms with E-state index in [2.05, 4.69) is 6.07 Å². The van der Waals surface area contributed by atoms with E-state index in [9.17, 15) is 4.79 Å². The second-order valence-electron chi connectivity index (χ2n) is 2.09. The second-order valence-corrected chi connectivity index (χ2v) is 2.50. The number of benzene rings is 1. The van der Waals surface area contributed by atoms with Gasteiger partial charge in [-0.05, 0) is 17.7 Å². The van der Waals surface area contributed by atoms with Crippen molar-refractivity contribution in [2.75, 3.05) is 0 Å². The third-order valence-corrected chi connectivity index (χ3v) is 1.59. The van der Waals surface area contributed by atoms with Gasteiger partial charge in [0, 0.05) is 5.02 Å². The Labute approximate surface area is 69.4 Å². The number of hydrogen-bond acceptors (Lipinski definition) is 1. The summed E-state index contributed by atoms with van der Waals surface area (Å²) < 4.78 is 0. The Hall–Kier alpha value is -1.02. The zero-order chi connectivity index (χ0) is 8.27. The van der Waals surface area contributed by atoms with E-state index in [4.69, 9.17) is 16.7 Å². The molecule has 1 N–H and O–H groups in total. The highest BCUT2D eigenvalue weighted by molar-refractivity contribution is 6.31. The molecular weight excluding hydrogens is 164 g/mol. The molecule has 1 aromatic carbocycles. The highest BCUT2D eigenvalue weighted by atomic mass is 35.5. The van der Waals surface area contributed by atoms with Crippen LogP contribution in [-0.2, 0) is 11.2 Å². The van der Waals surface area contributed by atoms with Gasteiger partial charge in [-0.3, -0.25) is 4.79 Å². The van der Waals surface area contributed by atoms with E-state index in [1.807, 2.05) is 0 Å². The average Bonchev–Trinajstić information content (AvgIpc) is 1.93. The fourth-order valence-corrected chi connectivity index (χ4v) is 0.941. The van der Waals surface area contributed by atoms with Crippen LogP contribution in [0.15, 0.2) is 18.2 Å². The molecule has 0 aliphatic carbocycles. The molecule has 0 aliphatic rings. The first-order valence-electron chi connectivity index (χ1n) is 3.06. The van der Waals surface area contributed by atoms with Gasteiger partial charge in [0.25, 0.3) is 0 Å². The highest BCUT2D eigenvalue weighted by Gasteiger charge is 2.02. The number of carbonyl (C=O) groups is 1. The summed E-state index contributed by atoms with van der Waals surface area (Å²) in [7, 11) is 0. The van der Waals surface area contributed by atoms with Gasteiger partial charge in [-0.15, -0.1) is 0 Å². The zero-order valence-corrected chi connectivity index (χ0v) is 6.43. The molecule has 0 unspecified atom stereocenters. The average molecular weight is 170 g/mol. The first-order chi connectivity index (χ1) is 5.20. The first-order valence-corrected chi connectivity index (χ1v) is 3.44. The molecule has 0 fully saturated rings. The van der Waals surface area contributed by atoms with E-state index in [0.717, 1.165) is 0 Å². The van der Waals surface area contributed by atoms with E-state index >= 15 is 0 Å². The third kappa shape index (κ3) is 2.24. The van der Waals surface area contributed by atoms with Crippen LogP contribution in [0.2, 0.25) is 5.02 Å². The summed E-state index contributed by atoms with van der Waals surface area (Å²) in [6, 6.07) is 7.60. The molecule has 0 heterocycles. The molecule has 1 aromatic rings. The van der Waals surface area contributed by atoms with E-state index in [0.29, 0.717) is 10.6 Å². The van der Waals surface area contributed by atoms with Gasteiger partial charge < -0.3 is 5.11 Å².